The second-order valence-electron chi connectivity index (χ2n) is 6.04. The summed E-state index contributed by atoms with van der Waals surface area (Å²) in [5, 5.41) is 1.07. The van der Waals surface area contributed by atoms with Crippen LogP contribution in [-0.2, 0) is 11.8 Å². The number of aryl methyl sites for hydroxylation is 1. The molecule has 0 unspecified atom stereocenters. The zero-order valence-corrected chi connectivity index (χ0v) is 15.8. The Morgan fingerprint density at radius 1 is 1.12 bits per heavy atom. The molecule has 0 N–H and O–H groups in total. The Kier molecular flexibility index (Phi) is 4.17. The Balaban J connectivity index is 1.81. The van der Waals surface area contributed by atoms with E-state index in [0.717, 1.165) is 22.2 Å². The number of aromatic nitrogens is 1. The second-order valence-corrected chi connectivity index (χ2v) is 7.72. The van der Waals surface area contributed by atoms with Gasteiger partial charge in [-0.05, 0) is 31.2 Å². The van der Waals surface area contributed by atoms with Crippen LogP contribution >= 0.6 is 24.0 Å². The van der Waals surface area contributed by atoms with Gasteiger partial charge in [-0.3, -0.25) is 9.69 Å². The van der Waals surface area contributed by atoms with Crippen molar-refractivity contribution in [1.29, 1.82) is 0 Å². The summed E-state index contributed by atoms with van der Waals surface area (Å²) >= 11 is 6.54. The van der Waals surface area contributed by atoms with E-state index in [-0.39, 0.29) is 11.6 Å². The van der Waals surface area contributed by atoms with E-state index in [9.17, 15) is 9.18 Å². The minimum Gasteiger partial charge on any atom is -0.347 e. The van der Waals surface area contributed by atoms with Gasteiger partial charge in [0.25, 0.3) is 5.91 Å². The van der Waals surface area contributed by atoms with Crippen LogP contribution in [0, 0.1) is 12.7 Å². The molecule has 0 atom stereocenters. The highest BCUT2D eigenvalue weighted by Gasteiger charge is 2.35. The number of halogens is 1. The van der Waals surface area contributed by atoms with Gasteiger partial charge in [-0.1, -0.05) is 54.3 Å². The summed E-state index contributed by atoms with van der Waals surface area (Å²) < 4.78 is 16.6. The van der Waals surface area contributed by atoms with Gasteiger partial charge in [0, 0.05) is 29.2 Å². The number of hydrogen-bond donors (Lipinski definition) is 0. The third kappa shape index (κ3) is 2.57. The molecule has 1 aromatic heterocycles. The number of carbonyl (C=O) groups is 1. The maximum atomic E-state index is 14.1. The van der Waals surface area contributed by atoms with Gasteiger partial charge in [-0.25, -0.2) is 4.39 Å². The first-order valence-corrected chi connectivity index (χ1v) is 9.28. The van der Waals surface area contributed by atoms with E-state index in [1.54, 1.807) is 18.2 Å². The first-order chi connectivity index (χ1) is 12.5. The standard InChI is InChI=1S/C20H15FN2OS2/c1-12-14(13-7-3-5-9-16(13)22(12)2)11-18-19(24)23(20(25)26-18)17-10-6-4-8-15(17)21/h3-11H,1-2H3/b18-11+. The van der Waals surface area contributed by atoms with Gasteiger partial charge in [0.2, 0.25) is 0 Å². The average molecular weight is 382 g/mol. The molecule has 1 amide bonds. The van der Waals surface area contributed by atoms with E-state index in [4.69, 9.17) is 12.2 Å². The molecule has 1 aliphatic heterocycles. The maximum Gasteiger partial charge on any atom is 0.270 e. The normalized spacial score (nSPS) is 16.3. The van der Waals surface area contributed by atoms with E-state index in [1.807, 2.05) is 44.3 Å². The molecule has 2 aromatic carbocycles. The topological polar surface area (TPSA) is 25.2 Å². The van der Waals surface area contributed by atoms with Crippen LogP contribution in [0.5, 0.6) is 0 Å². The lowest BCUT2D eigenvalue weighted by molar-refractivity contribution is -0.113. The lowest BCUT2D eigenvalue weighted by Gasteiger charge is -2.14. The molecule has 3 nitrogen and oxygen atoms in total. The zero-order valence-electron chi connectivity index (χ0n) is 14.2. The van der Waals surface area contributed by atoms with Gasteiger partial charge >= 0.3 is 0 Å². The molecule has 0 radical (unpaired) electrons. The molecule has 1 aliphatic rings. The quantitative estimate of drug-likeness (QED) is 0.459. The van der Waals surface area contributed by atoms with Gasteiger partial charge in [0.05, 0.1) is 10.6 Å². The Labute approximate surface area is 160 Å². The van der Waals surface area contributed by atoms with Crippen LogP contribution < -0.4 is 4.90 Å². The summed E-state index contributed by atoms with van der Waals surface area (Å²) in [6, 6.07) is 14.2. The molecule has 0 spiro atoms. The molecule has 1 fully saturated rings. The Hall–Kier alpha value is -2.44. The van der Waals surface area contributed by atoms with Crippen molar-refractivity contribution in [2.45, 2.75) is 6.92 Å². The summed E-state index contributed by atoms with van der Waals surface area (Å²) in [6.07, 6.45) is 1.86. The number of anilines is 1. The highest BCUT2D eigenvalue weighted by atomic mass is 32.2. The molecular weight excluding hydrogens is 367 g/mol. The summed E-state index contributed by atoms with van der Waals surface area (Å²) in [6.45, 7) is 2.02. The predicted octanol–water partition coefficient (Wildman–Crippen LogP) is 5.03. The number of benzene rings is 2. The lowest BCUT2D eigenvalue weighted by Crippen LogP contribution is -2.28. The van der Waals surface area contributed by atoms with Gasteiger partial charge in [0.15, 0.2) is 4.32 Å². The number of rotatable bonds is 2. The highest BCUT2D eigenvalue weighted by Crippen LogP contribution is 2.38. The van der Waals surface area contributed by atoms with E-state index in [2.05, 4.69) is 4.57 Å². The lowest BCUT2D eigenvalue weighted by atomic mass is 10.1. The van der Waals surface area contributed by atoms with Crippen LogP contribution in [0.4, 0.5) is 10.1 Å². The van der Waals surface area contributed by atoms with Crippen LogP contribution in [0.2, 0.25) is 0 Å². The molecule has 1 saturated heterocycles. The van der Waals surface area contributed by atoms with Crippen molar-refractivity contribution >= 4 is 56.9 Å². The number of fused-ring (bicyclic) bond motifs is 1. The Morgan fingerprint density at radius 3 is 2.58 bits per heavy atom. The maximum absolute atomic E-state index is 14.1. The molecule has 130 valence electrons. The fourth-order valence-electron chi connectivity index (χ4n) is 3.17. The minimum absolute atomic E-state index is 0.188. The molecule has 2 heterocycles. The molecule has 0 bridgehead atoms. The number of hydrogen-bond acceptors (Lipinski definition) is 3. The first kappa shape index (κ1) is 17.0. The fourth-order valence-corrected chi connectivity index (χ4v) is 4.44. The number of nitrogens with zero attached hydrogens (tertiary/aromatic N) is 2. The number of thiocarbonyl (C=S) groups is 1. The minimum atomic E-state index is -0.466. The molecule has 26 heavy (non-hydrogen) atoms. The number of amides is 1. The van der Waals surface area contributed by atoms with Crippen molar-refractivity contribution < 1.29 is 9.18 Å². The summed E-state index contributed by atoms with van der Waals surface area (Å²) in [5.74, 6) is -0.760. The number of para-hydroxylation sites is 2. The largest absolute Gasteiger partial charge is 0.347 e. The predicted molar refractivity (Wildman–Crippen MR) is 110 cm³/mol. The Bertz CT molecular complexity index is 1100. The van der Waals surface area contributed by atoms with Crippen molar-refractivity contribution in [3.8, 4) is 0 Å². The number of thioether (sulfide) groups is 1. The van der Waals surface area contributed by atoms with Crippen molar-refractivity contribution in [3.63, 3.8) is 0 Å². The summed E-state index contributed by atoms with van der Waals surface area (Å²) in [5.41, 5.74) is 3.33. The van der Waals surface area contributed by atoms with Crippen LogP contribution in [-0.4, -0.2) is 14.8 Å². The monoisotopic (exact) mass is 382 g/mol. The fraction of sp³-hybridized carbons (Fsp3) is 0.100. The zero-order chi connectivity index (χ0) is 18.4. The Morgan fingerprint density at radius 2 is 1.81 bits per heavy atom. The van der Waals surface area contributed by atoms with Crippen molar-refractivity contribution in [2.75, 3.05) is 4.90 Å². The van der Waals surface area contributed by atoms with Gasteiger partial charge in [-0.15, -0.1) is 0 Å². The third-order valence-corrected chi connectivity index (χ3v) is 5.91. The molecular formula is C20H15FN2OS2. The van der Waals surface area contributed by atoms with E-state index in [0.29, 0.717) is 9.23 Å². The second kappa shape index (κ2) is 6.37. The van der Waals surface area contributed by atoms with Gasteiger partial charge in [0.1, 0.15) is 5.82 Å². The van der Waals surface area contributed by atoms with Crippen LogP contribution in [0.1, 0.15) is 11.3 Å². The van der Waals surface area contributed by atoms with Crippen molar-refractivity contribution in [1.82, 2.24) is 4.57 Å². The molecule has 6 heteroatoms. The van der Waals surface area contributed by atoms with Gasteiger partial charge < -0.3 is 4.57 Å². The highest BCUT2D eigenvalue weighted by molar-refractivity contribution is 8.27. The van der Waals surface area contributed by atoms with Gasteiger partial charge in [-0.2, -0.15) is 0 Å². The first-order valence-electron chi connectivity index (χ1n) is 8.05. The SMILES string of the molecule is Cc1c(/C=C2/SC(=S)N(c3ccccc3F)C2=O)c2ccccc2n1C. The van der Waals surface area contributed by atoms with Crippen molar-refractivity contribution in [3.05, 3.63) is 70.5 Å². The van der Waals surface area contributed by atoms with Crippen LogP contribution in [0.25, 0.3) is 17.0 Å². The van der Waals surface area contributed by atoms with E-state index < -0.39 is 5.82 Å². The summed E-state index contributed by atoms with van der Waals surface area (Å²) in [4.78, 5) is 14.7. The number of carbonyl (C=O) groups excluding carboxylic acids is 1. The molecule has 4 rings (SSSR count). The van der Waals surface area contributed by atoms with E-state index in [1.165, 1.54) is 22.7 Å². The molecule has 0 saturated carbocycles. The average Bonchev–Trinajstić information content (AvgIpc) is 3.05. The van der Waals surface area contributed by atoms with Crippen LogP contribution in [0.15, 0.2) is 53.4 Å². The van der Waals surface area contributed by atoms with Crippen molar-refractivity contribution in [2.24, 2.45) is 7.05 Å². The smallest absolute Gasteiger partial charge is 0.270 e. The summed E-state index contributed by atoms with van der Waals surface area (Å²) in [7, 11) is 2.00. The third-order valence-electron chi connectivity index (χ3n) is 4.61. The van der Waals surface area contributed by atoms with E-state index >= 15 is 0 Å². The molecule has 3 aromatic rings. The molecule has 0 aliphatic carbocycles. The van der Waals surface area contributed by atoms with Crippen LogP contribution in [0.3, 0.4) is 0 Å².